The van der Waals surface area contributed by atoms with Gasteiger partial charge >= 0.3 is 0 Å². The number of aromatic nitrogens is 2. The molecular weight excluding hydrogens is 304 g/mol. The van der Waals surface area contributed by atoms with Crippen LogP contribution in [0.3, 0.4) is 0 Å². The number of hydrogen-bond donors (Lipinski definition) is 0. The SMILES string of the molecule is c1c[n+](C23CC4CC(CC(C4)C2)C3)cn1C12CC3CC4CC(C1)C43C2. The van der Waals surface area contributed by atoms with Crippen LogP contribution in [0.4, 0.5) is 0 Å². The van der Waals surface area contributed by atoms with Crippen molar-refractivity contribution < 1.29 is 4.57 Å². The van der Waals surface area contributed by atoms with Gasteiger partial charge in [-0.15, -0.1) is 0 Å². The average molecular weight is 336 g/mol. The van der Waals surface area contributed by atoms with E-state index in [0.29, 0.717) is 11.1 Å². The lowest BCUT2D eigenvalue weighted by Gasteiger charge is -2.66. The van der Waals surface area contributed by atoms with Gasteiger partial charge < -0.3 is 0 Å². The fraction of sp³-hybridized carbons (Fsp3) is 0.870. The van der Waals surface area contributed by atoms with Crippen molar-refractivity contribution in [3.05, 3.63) is 18.7 Å². The Labute approximate surface area is 151 Å². The first-order valence-electron chi connectivity index (χ1n) is 11.3. The fourth-order valence-corrected chi connectivity index (χ4v) is 10.6. The molecule has 1 spiro atoms. The van der Waals surface area contributed by atoms with Gasteiger partial charge in [0.05, 0.1) is 0 Å². The summed E-state index contributed by atoms with van der Waals surface area (Å²) in [5.74, 6) is 6.47. The highest BCUT2D eigenvalue weighted by Gasteiger charge is 2.79. The van der Waals surface area contributed by atoms with E-state index in [-0.39, 0.29) is 0 Å². The second kappa shape index (κ2) is 3.76. The maximum atomic E-state index is 2.74. The molecule has 25 heavy (non-hydrogen) atoms. The van der Waals surface area contributed by atoms with Crippen molar-refractivity contribution in [3.8, 4) is 0 Å². The van der Waals surface area contributed by atoms with Crippen molar-refractivity contribution in [2.24, 2.45) is 40.9 Å². The maximum absolute atomic E-state index is 2.74. The standard InChI is InChI=1S/C23H31N2/c1-2-25(22-11-19-6-18-7-20(12-22)23(18,19)13-22)14-24(1)21-8-15-3-16(9-21)5-17(4-15)10-21/h1-2,14-20H,3-13H2/q+1. The van der Waals surface area contributed by atoms with Crippen molar-refractivity contribution in [1.29, 1.82) is 0 Å². The van der Waals surface area contributed by atoms with E-state index in [4.69, 9.17) is 0 Å². The molecule has 1 aromatic heterocycles. The van der Waals surface area contributed by atoms with Crippen LogP contribution < -0.4 is 4.57 Å². The molecule has 2 nitrogen and oxygen atoms in total. The van der Waals surface area contributed by atoms with E-state index in [1.54, 1.807) is 32.1 Å². The zero-order chi connectivity index (χ0) is 16.0. The van der Waals surface area contributed by atoms with Crippen LogP contribution in [0.1, 0.15) is 70.6 Å². The third kappa shape index (κ3) is 1.31. The molecule has 0 aliphatic heterocycles. The smallest absolute Gasteiger partial charge is 0.231 e. The van der Waals surface area contributed by atoms with Crippen molar-refractivity contribution in [3.63, 3.8) is 0 Å². The molecule has 0 saturated heterocycles. The average Bonchev–Trinajstić information content (AvgIpc) is 3.22. The Morgan fingerprint density at radius 1 is 0.760 bits per heavy atom. The van der Waals surface area contributed by atoms with Crippen molar-refractivity contribution in [1.82, 2.24) is 4.57 Å². The van der Waals surface area contributed by atoms with Crippen LogP contribution in [0.25, 0.3) is 0 Å². The highest BCUT2D eigenvalue weighted by molar-refractivity contribution is 5.27. The summed E-state index contributed by atoms with van der Waals surface area (Å²) in [5, 5.41) is 0. The molecule has 8 aliphatic rings. The van der Waals surface area contributed by atoms with Crippen LogP contribution in [0.5, 0.6) is 0 Å². The topological polar surface area (TPSA) is 8.81 Å². The van der Waals surface area contributed by atoms with Gasteiger partial charge in [0, 0.05) is 0 Å². The molecule has 0 aromatic carbocycles. The Hall–Kier alpha value is -0.790. The fourth-order valence-electron chi connectivity index (χ4n) is 10.6. The van der Waals surface area contributed by atoms with Gasteiger partial charge in [-0.3, -0.25) is 0 Å². The molecule has 0 amide bonds. The molecule has 2 atom stereocenters. The molecular formula is C23H31N2+. The third-order valence-corrected chi connectivity index (χ3v) is 11.0. The molecule has 132 valence electrons. The Morgan fingerprint density at radius 2 is 1.40 bits per heavy atom. The number of fused-ring (bicyclic) bond motifs is 1. The largest absolute Gasteiger partial charge is 0.244 e. The first kappa shape index (κ1) is 13.4. The second-order valence-corrected chi connectivity index (χ2v) is 11.9. The molecule has 8 saturated carbocycles. The minimum atomic E-state index is 0.507. The molecule has 0 N–H and O–H groups in total. The summed E-state index contributed by atoms with van der Waals surface area (Å²) in [6, 6.07) is 0. The second-order valence-electron chi connectivity index (χ2n) is 11.9. The summed E-state index contributed by atoms with van der Waals surface area (Å²) < 4.78 is 5.48. The van der Waals surface area contributed by atoms with Crippen molar-refractivity contribution >= 4 is 0 Å². The number of rotatable bonds is 2. The lowest BCUT2D eigenvalue weighted by Crippen LogP contribution is -2.64. The molecule has 1 heterocycles. The summed E-state index contributed by atoms with van der Waals surface area (Å²) in [6.45, 7) is 0. The molecule has 8 aliphatic carbocycles. The maximum Gasteiger partial charge on any atom is 0.244 e. The predicted molar refractivity (Wildman–Crippen MR) is 94.7 cm³/mol. The van der Waals surface area contributed by atoms with Gasteiger partial charge in [0.15, 0.2) is 0 Å². The van der Waals surface area contributed by atoms with Crippen LogP contribution in [0.15, 0.2) is 18.7 Å². The summed E-state index contributed by atoms with van der Waals surface area (Å²) in [7, 11) is 0. The zero-order valence-corrected chi connectivity index (χ0v) is 15.4. The van der Waals surface area contributed by atoms with Crippen LogP contribution in [0.2, 0.25) is 0 Å². The highest BCUT2D eigenvalue weighted by atomic mass is 15.2. The van der Waals surface area contributed by atoms with E-state index in [0.717, 1.165) is 40.9 Å². The van der Waals surface area contributed by atoms with Gasteiger partial charge in [0.1, 0.15) is 23.5 Å². The number of imidazole rings is 1. The third-order valence-electron chi connectivity index (χ3n) is 11.0. The molecule has 2 heteroatoms. The van der Waals surface area contributed by atoms with Gasteiger partial charge in [-0.2, -0.15) is 0 Å². The lowest BCUT2D eigenvalue weighted by atomic mass is 9.38. The Kier molecular flexibility index (Phi) is 2.01. The van der Waals surface area contributed by atoms with Crippen LogP contribution in [0, 0.1) is 40.9 Å². The molecule has 6 bridgehead atoms. The van der Waals surface area contributed by atoms with Gasteiger partial charge in [0.25, 0.3) is 0 Å². The van der Waals surface area contributed by atoms with Crippen LogP contribution >= 0.6 is 0 Å². The molecule has 0 radical (unpaired) electrons. The molecule has 2 unspecified atom stereocenters. The van der Waals surface area contributed by atoms with E-state index >= 15 is 0 Å². The first-order valence-corrected chi connectivity index (χ1v) is 11.3. The van der Waals surface area contributed by atoms with Crippen molar-refractivity contribution in [2.45, 2.75) is 81.7 Å². The van der Waals surface area contributed by atoms with Gasteiger partial charge in [-0.05, 0) is 112 Å². The van der Waals surface area contributed by atoms with E-state index in [1.807, 2.05) is 0 Å². The summed E-state index contributed by atoms with van der Waals surface area (Å²) in [5.41, 5.74) is 1.87. The quantitative estimate of drug-likeness (QED) is 0.715. The molecule has 1 aromatic rings. The minimum Gasteiger partial charge on any atom is -0.231 e. The van der Waals surface area contributed by atoms with E-state index < -0.39 is 0 Å². The normalized spacial score (nSPS) is 61.9. The highest BCUT2D eigenvalue weighted by Crippen LogP contribution is 2.83. The summed E-state index contributed by atoms with van der Waals surface area (Å²) >= 11 is 0. The molecule has 9 rings (SSSR count). The zero-order valence-electron chi connectivity index (χ0n) is 15.4. The van der Waals surface area contributed by atoms with Crippen molar-refractivity contribution in [2.75, 3.05) is 0 Å². The minimum absolute atomic E-state index is 0.507. The number of nitrogens with zero attached hydrogens (tertiary/aromatic N) is 2. The Morgan fingerprint density at radius 3 is 1.96 bits per heavy atom. The summed E-state index contributed by atoms with van der Waals surface area (Å²) in [6.07, 6.45) is 24.4. The van der Waals surface area contributed by atoms with Crippen LogP contribution in [-0.4, -0.2) is 4.57 Å². The Bertz CT molecular complexity index is 712. The van der Waals surface area contributed by atoms with Gasteiger partial charge in [-0.1, -0.05) is 0 Å². The number of hydrogen-bond acceptors (Lipinski definition) is 0. The van der Waals surface area contributed by atoms with E-state index in [9.17, 15) is 0 Å². The van der Waals surface area contributed by atoms with E-state index in [1.165, 1.54) is 38.5 Å². The summed E-state index contributed by atoms with van der Waals surface area (Å²) in [4.78, 5) is 0. The monoisotopic (exact) mass is 335 g/mol. The lowest BCUT2D eigenvalue weighted by molar-refractivity contribution is -0.776. The predicted octanol–water partition coefficient (Wildman–Crippen LogP) is 4.24. The van der Waals surface area contributed by atoms with Crippen LogP contribution in [-0.2, 0) is 11.1 Å². The van der Waals surface area contributed by atoms with Gasteiger partial charge in [-0.25, -0.2) is 9.13 Å². The first-order chi connectivity index (χ1) is 12.2. The molecule has 8 fully saturated rings. The van der Waals surface area contributed by atoms with Gasteiger partial charge in [0.2, 0.25) is 6.33 Å². The Balaban J connectivity index is 1.19. The van der Waals surface area contributed by atoms with E-state index in [2.05, 4.69) is 27.9 Å².